The number of hydrogen-bond donors (Lipinski definition) is 2. The first-order valence-corrected chi connectivity index (χ1v) is 9.86. The molecule has 1 aliphatic heterocycles. The number of anilines is 1. The Morgan fingerprint density at radius 3 is 2.52 bits per heavy atom. The van der Waals surface area contributed by atoms with Gasteiger partial charge in [0.15, 0.2) is 0 Å². The van der Waals surface area contributed by atoms with Gasteiger partial charge in [-0.15, -0.1) is 0 Å². The minimum absolute atomic E-state index is 0.201. The van der Waals surface area contributed by atoms with E-state index >= 15 is 0 Å². The minimum Gasteiger partial charge on any atom is -0.381 e. The molecule has 1 aliphatic rings. The van der Waals surface area contributed by atoms with Crippen LogP contribution >= 0.6 is 15.9 Å². The molecule has 1 saturated heterocycles. The molecular weight excluding hydrogens is 404 g/mol. The number of benzene rings is 3. The molecule has 0 spiro atoms. The van der Waals surface area contributed by atoms with Crippen molar-refractivity contribution in [1.82, 2.24) is 5.32 Å². The van der Waals surface area contributed by atoms with Crippen LogP contribution in [0.4, 0.5) is 10.5 Å². The third-order valence-electron chi connectivity index (χ3n) is 5.11. The zero-order valence-corrected chi connectivity index (χ0v) is 16.5. The predicted octanol–water partition coefficient (Wildman–Crippen LogP) is 5.43. The van der Waals surface area contributed by atoms with Gasteiger partial charge in [-0.2, -0.15) is 0 Å². The first-order valence-electron chi connectivity index (χ1n) is 9.07. The van der Waals surface area contributed by atoms with Crippen molar-refractivity contribution in [2.24, 2.45) is 0 Å². The van der Waals surface area contributed by atoms with Crippen molar-refractivity contribution in [3.8, 4) is 0 Å². The van der Waals surface area contributed by atoms with Crippen molar-refractivity contribution in [3.63, 3.8) is 0 Å². The smallest absolute Gasteiger partial charge is 0.319 e. The van der Waals surface area contributed by atoms with Gasteiger partial charge in [-0.25, -0.2) is 4.79 Å². The molecule has 3 aromatic rings. The maximum absolute atomic E-state index is 12.9. The van der Waals surface area contributed by atoms with Gasteiger partial charge in [-0.3, -0.25) is 0 Å². The van der Waals surface area contributed by atoms with E-state index in [1.54, 1.807) is 0 Å². The summed E-state index contributed by atoms with van der Waals surface area (Å²) in [6.45, 7) is 1.25. The van der Waals surface area contributed by atoms with Gasteiger partial charge in [0.1, 0.15) is 0 Å². The van der Waals surface area contributed by atoms with E-state index in [1.807, 2.05) is 54.6 Å². The molecule has 4 rings (SSSR count). The highest BCUT2D eigenvalue weighted by Crippen LogP contribution is 2.34. The van der Waals surface area contributed by atoms with Crippen LogP contribution in [0.2, 0.25) is 0 Å². The Hall–Kier alpha value is -2.37. The summed E-state index contributed by atoms with van der Waals surface area (Å²) in [5.74, 6) is 0. The molecule has 0 aromatic heterocycles. The third kappa shape index (κ3) is 3.84. The summed E-state index contributed by atoms with van der Waals surface area (Å²) in [6.07, 6.45) is 1.48. The van der Waals surface area contributed by atoms with Crippen LogP contribution in [-0.2, 0) is 10.3 Å². The number of ether oxygens (including phenoxy) is 1. The monoisotopic (exact) mass is 424 g/mol. The number of carbonyl (C=O) groups is 1. The van der Waals surface area contributed by atoms with Crippen molar-refractivity contribution in [2.45, 2.75) is 18.4 Å². The average molecular weight is 425 g/mol. The SMILES string of the molecule is O=C(Nc1cccc2ccccc12)NC1(c2cccc(Br)c2)CCOCC1. The van der Waals surface area contributed by atoms with Gasteiger partial charge >= 0.3 is 6.03 Å². The van der Waals surface area contributed by atoms with Crippen LogP contribution < -0.4 is 10.6 Å². The molecular formula is C22H21BrN2O2. The van der Waals surface area contributed by atoms with Crippen molar-refractivity contribution in [3.05, 3.63) is 76.8 Å². The Balaban J connectivity index is 1.60. The minimum atomic E-state index is -0.434. The lowest BCUT2D eigenvalue weighted by Gasteiger charge is -2.38. The normalized spacial score (nSPS) is 16.0. The van der Waals surface area contributed by atoms with Gasteiger partial charge in [0, 0.05) is 23.1 Å². The third-order valence-corrected chi connectivity index (χ3v) is 5.61. The highest BCUT2D eigenvalue weighted by atomic mass is 79.9. The van der Waals surface area contributed by atoms with Gasteiger partial charge in [0.2, 0.25) is 0 Å². The summed E-state index contributed by atoms with van der Waals surface area (Å²) in [6, 6.07) is 21.9. The van der Waals surface area contributed by atoms with Crippen LogP contribution in [0.25, 0.3) is 10.8 Å². The average Bonchev–Trinajstić information content (AvgIpc) is 2.69. The number of carbonyl (C=O) groups excluding carboxylic acids is 1. The Morgan fingerprint density at radius 2 is 1.70 bits per heavy atom. The largest absolute Gasteiger partial charge is 0.381 e. The maximum atomic E-state index is 12.9. The van der Waals surface area contributed by atoms with Crippen molar-refractivity contribution in [1.29, 1.82) is 0 Å². The molecule has 138 valence electrons. The van der Waals surface area contributed by atoms with E-state index in [4.69, 9.17) is 4.74 Å². The van der Waals surface area contributed by atoms with Gasteiger partial charge in [-0.1, -0.05) is 64.5 Å². The van der Waals surface area contributed by atoms with Crippen LogP contribution in [0, 0.1) is 0 Å². The fourth-order valence-corrected chi connectivity index (χ4v) is 4.10. The Labute approximate surface area is 167 Å². The van der Waals surface area contributed by atoms with Gasteiger partial charge in [0.25, 0.3) is 0 Å². The number of nitrogens with one attached hydrogen (secondary N) is 2. The molecule has 0 saturated carbocycles. The highest BCUT2D eigenvalue weighted by Gasteiger charge is 2.36. The first kappa shape index (κ1) is 18.0. The maximum Gasteiger partial charge on any atom is 0.319 e. The number of fused-ring (bicyclic) bond motifs is 1. The number of halogens is 1. The molecule has 0 radical (unpaired) electrons. The van der Waals surface area contributed by atoms with Crippen LogP contribution in [-0.4, -0.2) is 19.2 Å². The second-order valence-corrected chi connectivity index (χ2v) is 7.73. The summed E-state index contributed by atoms with van der Waals surface area (Å²) < 4.78 is 6.55. The van der Waals surface area contributed by atoms with Crippen LogP contribution in [0.5, 0.6) is 0 Å². The van der Waals surface area contributed by atoms with E-state index in [2.05, 4.69) is 38.7 Å². The molecule has 1 heterocycles. The summed E-state index contributed by atoms with van der Waals surface area (Å²) in [5, 5.41) is 8.40. The molecule has 0 atom stereocenters. The fraction of sp³-hybridized carbons (Fsp3) is 0.227. The van der Waals surface area contributed by atoms with E-state index in [0.717, 1.165) is 39.3 Å². The molecule has 0 aliphatic carbocycles. The van der Waals surface area contributed by atoms with Gasteiger partial charge in [0.05, 0.1) is 11.2 Å². The Morgan fingerprint density at radius 1 is 0.963 bits per heavy atom. The topological polar surface area (TPSA) is 50.4 Å². The summed E-state index contributed by atoms with van der Waals surface area (Å²) in [7, 11) is 0. The van der Waals surface area contributed by atoms with Crippen molar-refractivity contribution in [2.75, 3.05) is 18.5 Å². The second-order valence-electron chi connectivity index (χ2n) is 6.81. The zero-order valence-electron chi connectivity index (χ0n) is 14.9. The lowest BCUT2D eigenvalue weighted by molar-refractivity contribution is 0.0418. The van der Waals surface area contributed by atoms with E-state index in [0.29, 0.717) is 13.2 Å². The Kier molecular flexibility index (Phi) is 5.14. The van der Waals surface area contributed by atoms with E-state index in [9.17, 15) is 4.79 Å². The van der Waals surface area contributed by atoms with Crippen molar-refractivity contribution < 1.29 is 9.53 Å². The summed E-state index contributed by atoms with van der Waals surface area (Å²) in [5.41, 5.74) is 1.46. The molecule has 1 fully saturated rings. The molecule has 4 nitrogen and oxygen atoms in total. The molecule has 3 aromatic carbocycles. The Bertz CT molecular complexity index is 962. The zero-order chi connectivity index (χ0) is 18.7. The first-order chi connectivity index (χ1) is 13.2. The van der Waals surface area contributed by atoms with Gasteiger partial charge < -0.3 is 15.4 Å². The molecule has 0 unspecified atom stereocenters. The van der Waals surface area contributed by atoms with E-state index in [1.165, 1.54) is 0 Å². The highest BCUT2D eigenvalue weighted by molar-refractivity contribution is 9.10. The van der Waals surface area contributed by atoms with E-state index < -0.39 is 5.54 Å². The second kappa shape index (κ2) is 7.71. The lowest BCUT2D eigenvalue weighted by atomic mass is 9.83. The molecule has 27 heavy (non-hydrogen) atoms. The fourth-order valence-electron chi connectivity index (χ4n) is 3.70. The van der Waals surface area contributed by atoms with Crippen LogP contribution in [0.1, 0.15) is 18.4 Å². The number of urea groups is 1. The van der Waals surface area contributed by atoms with Crippen LogP contribution in [0.15, 0.2) is 71.2 Å². The van der Waals surface area contributed by atoms with Crippen LogP contribution in [0.3, 0.4) is 0 Å². The summed E-state index contributed by atoms with van der Waals surface area (Å²) in [4.78, 5) is 12.9. The molecule has 5 heteroatoms. The number of amides is 2. The summed E-state index contributed by atoms with van der Waals surface area (Å²) >= 11 is 3.54. The standard InChI is InChI=1S/C22H21BrN2O2/c23-18-8-4-7-17(15-18)22(11-13-27-14-12-22)25-21(26)24-20-10-3-6-16-5-1-2-9-19(16)20/h1-10,15H,11-14H2,(H2,24,25,26). The van der Waals surface area contributed by atoms with Crippen molar-refractivity contribution >= 4 is 38.4 Å². The van der Waals surface area contributed by atoms with Gasteiger partial charge in [-0.05, 0) is 42.0 Å². The quantitative estimate of drug-likeness (QED) is 0.588. The lowest BCUT2D eigenvalue weighted by Crippen LogP contribution is -2.50. The number of hydrogen-bond acceptors (Lipinski definition) is 2. The predicted molar refractivity (Wildman–Crippen MR) is 112 cm³/mol. The number of rotatable bonds is 3. The molecule has 2 N–H and O–H groups in total. The molecule has 0 bridgehead atoms. The van der Waals surface area contributed by atoms with E-state index in [-0.39, 0.29) is 6.03 Å². The molecule has 2 amide bonds.